The van der Waals surface area contributed by atoms with Gasteiger partial charge in [-0.3, -0.25) is 0 Å². The molecule has 0 atom stereocenters. The van der Waals surface area contributed by atoms with Crippen molar-refractivity contribution >= 4 is 28.4 Å². The average Bonchev–Trinajstić information content (AvgIpc) is 2.88. The van der Waals surface area contributed by atoms with Crippen molar-refractivity contribution in [3.63, 3.8) is 0 Å². The van der Waals surface area contributed by atoms with Gasteiger partial charge in [0.1, 0.15) is 6.61 Å². The van der Waals surface area contributed by atoms with E-state index in [1.807, 2.05) is 41.6 Å². The van der Waals surface area contributed by atoms with Gasteiger partial charge in [-0.15, -0.1) is 0 Å². The highest BCUT2D eigenvalue weighted by Gasteiger charge is 2.20. The molecule has 1 N–H and O–H groups in total. The Kier molecular flexibility index (Phi) is 4.22. The third-order valence-corrected chi connectivity index (χ3v) is 3.87. The minimum absolute atomic E-state index is 0.179. The molecule has 0 unspecified atom stereocenters. The van der Waals surface area contributed by atoms with E-state index in [9.17, 15) is 14.7 Å². The van der Waals surface area contributed by atoms with Crippen LogP contribution in [0.2, 0.25) is 0 Å². The zero-order valence-electron chi connectivity index (χ0n) is 13.5. The van der Waals surface area contributed by atoms with E-state index in [1.54, 1.807) is 18.3 Å². The SMILES string of the molecule is CN(C)CCOC(=O)c1c2ccc(C(=O)O)cc2n2ccccc12. The molecule has 124 valence electrons. The Balaban J connectivity index is 2.11. The predicted molar refractivity (Wildman–Crippen MR) is 90.7 cm³/mol. The molecular weight excluding hydrogens is 308 g/mol. The van der Waals surface area contributed by atoms with Crippen LogP contribution in [0.15, 0.2) is 42.6 Å². The van der Waals surface area contributed by atoms with Crippen LogP contribution < -0.4 is 0 Å². The molecule has 1 aromatic carbocycles. The largest absolute Gasteiger partial charge is 0.478 e. The topological polar surface area (TPSA) is 71.2 Å². The predicted octanol–water partition coefficient (Wildman–Crippen LogP) is 2.51. The van der Waals surface area contributed by atoms with E-state index in [4.69, 9.17) is 4.74 Å². The van der Waals surface area contributed by atoms with Gasteiger partial charge >= 0.3 is 11.9 Å². The van der Waals surface area contributed by atoms with Gasteiger partial charge in [0.2, 0.25) is 0 Å². The highest BCUT2D eigenvalue weighted by Crippen LogP contribution is 2.28. The minimum Gasteiger partial charge on any atom is -0.478 e. The van der Waals surface area contributed by atoms with Crippen molar-refractivity contribution in [2.75, 3.05) is 27.2 Å². The number of benzene rings is 1. The van der Waals surface area contributed by atoms with Crippen LogP contribution in [-0.2, 0) is 4.74 Å². The van der Waals surface area contributed by atoms with Crippen molar-refractivity contribution in [1.82, 2.24) is 9.30 Å². The van der Waals surface area contributed by atoms with Crippen molar-refractivity contribution in [3.8, 4) is 0 Å². The minimum atomic E-state index is -1.00. The van der Waals surface area contributed by atoms with E-state index in [2.05, 4.69) is 0 Å². The molecule has 24 heavy (non-hydrogen) atoms. The molecule has 0 saturated carbocycles. The number of carboxylic acid groups (broad SMARTS) is 1. The number of rotatable bonds is 5. The fraction of sp³-hybridized carbons (Fsp3) is 0.222. The molecule has 2 aromatic heterocycles. The molecule has 3 rings (SSSR count). The third kappa shape index (κ3) is 2.83. The van der Waals surface area contributed by atoms with E-state index < -0.39 is 11.9 Å². The van der Waals surface area contributed by atoms with Gasteiger partial charge in [-0.05, 0) is 38.4 Å². The number of likely N-dealkylation sites (N-methyl/N-ethyl adjacent to an activating group) is 1. The maximum absolute atomic E-state index is 12.6. The fourth-order valence-corrected chi connectivity index (χ4v) is 2.68. The molecule has 3 aromatic rings. The van der Waals surface area contributed by atoms with Crippen LogP contribution in [0.3, 0.4) is 0 Å². The number of nitrogens with zero attached hydrogens (tertiary/aromatic N) is 2. The number of pyridine rings is 1. The van der Waals surface area contributed by atoms with E-state index in [1.165, 1.54) is 6.07 Å². The lowest BCUT2D eigenvalue weighted by Crippen LogP contribution is -2.20. The molecule has 0 radical (unpaired) electrons. The average molecular weight is 326 g/mol. The first kappa shape index (κ1) is 16.0. The first-order valence-corrected chi connectivity index (χ1v) is 7.57. The smallest absolute Gasteiger partial charge is 0.341 e. The Labute approximate surface area is 138 Å². The summed E-state index contributed by atoms with van der Waals surface area (Å²) in [5, 5.41) is 9.88. The molecule has 0 bridgehead atoms. The Hall–Kier alpha value is -2.86. The Bertz CT molecular complexity index is 927. The van der Waals surface area contributed by atoms with E-state index in [-0.39, 0.29) is 5.56 Å². The quantitative estimate of drug-likeness (QED) is 0.730. The molecule has 0 aliphatic rings. The summed E-state index contributed by atoms with van der Waals surface area (Å²) >= 11 is 0. The highest BCUT2D eigenvalue weighted by atomic mass is 16.5. The summed E-state index contributed by atoms with van der Waals surface area (Å²) in [5.74, 6) is -1.41. The number of aromatic nitrogens is 1. The van der Waals surface area contributed by atoms with Gasteiger partial charge in [0.05, 0.1) is 22.2 Å². The van der Waals surface area contributed by atoms with Crippen LogP contribution in [0.5, 0.6) is 0 Å². The maximum Gasteiger partial charge on any atom is 0.341 e. The summed E-state index contributed by atoms with van der Waals surface area (Å²) in [6.45, 7) is 0.934. The normalized spacial score (nSPS) is 11.3. The van der Waals surface area contributed by atoms with Gasteiger partial charge in [0, 0.05) is 18.1 Å². The fourth-order valence-electron chi connectivity index (χ4n) is 2.68. The van der Waals surface area contributed by atoms with Crippen molar-refractivity contribution in [3.05, 3.63) is 53.7 Å². The highest BCUT2D eigenvalue weighted by molar-refractivity contribution is 6.12. The summed E-state index contributed by atoms with van der Waals surface area (Å²) in [7, 11) is 3.81. The molecule has 2 heterocycles. The number of fused-ring (bicyclic) bond motifs is 3. The number of esters is 1. The number of hydrogen-bond donors (Lipinski definition) is 1. The van der Waals surface area contributed by atoms with Gasteiger partial charge in [-0.2, -0.15) is 0 Å². The maximum atomic E-state index is 12.6. The number of aromatic carboxylic acids is 1. The summed E-state index contributed by atoms with van der Waals surface area (Å²) in [6, 6.07) is 10.2. The first-order valence-electron chi connectivity index (χ1n) is 7.57. The lowest BCUT2D eigenvalue weighted by molar-refractivity contribution is 0.0486. The third-order valence-electron chi connectivity index (χ3n) is 3.87. The second-order valence-corrected chi connectivity index (χ2v) is 5.81. The second kappa shape index (κ2) is 6.33. The van der Waals surface area contributed by atoms with Crippen LogP contribution in [0.4, 0.5) is 0 Å². The summed E-state index contributed by atoms with van der Waals surface area (Å²) in [6.07, 6.45) is 1.81. The van der Waals surface area contributed by atoms with Crippen LogP contribution >= 0.6 is 0 Å². The van der Waals surface area contributed by atoms with E-state index in [0.717, 1.165) is 0 Å². The van der Waals surface area contributed by atoms with Crippen molar-refractivity contribution in [2.24, 2.45) is 0 Å². The van der Waals surface area contributed by atoms with Crippen molar-refractivity contribution < 1.29 is 19.4 Å². The van der Waals surface area contributed by atoms with Gasteiger partial charge in [-0.1, -0.05) is 12.1 Å². The number of carbonyl (C=O) groups excluding carboxylic acids is 1. The molecule has 0 fully saturated rings. The van der Waals surface area contributed by atoms with Crippen LogP contribution in [0.1, 0.15) is 20.7 Å². The molecule has 0 spiro atoms. The number of hydrogen-bond acceptors (Lipinski definition) is 4. The van der Waals surface area contributed by atoms with Gasteiger partial charge in [0.15, 0.2) is 0 Å². The van der Waals surface area contributed by atoms with Gasteiger partial charge in [0.25, 0.3) is 0 Å². The zero-order valence-corrected chi connectivity index (χ0v) is 13.5. The number of carboxylic acids is 1. The summed E-state index contributed by atoms with van der Waals surface area (Å²) in [4.78, 5) is 25.7. The molecule has 0 aliphatic heterocycles. The van der Waals surface area contributed by atoms with E-state index >= 15 is 0 Å². The lowest BCUT2D eigenvalue weighted by atomic mass is 10.1. The van der Waals surface area contributed by atoms with Crippen molar-refractivity contribution in [2.45, 2.75) is 0 Å². The van der Waals surface area contributed by atoms with Crippen LogP contribution in [-0.4, -0.2) is 53.6 Å². The monoisotopic (exact) mass is 326 g/mol. The standard InChI is InChI=1S/C18H18N2O4/c1-19(2)9-10-24-18(23)16-13-7-6-12(17(21)22)11-15(13)20-8-4-3-5-14(16)20/h3-8,11H,9-10H2,1-2H3,(H,21,22). The van der Waals surface area contributed by atoms with Crippen LogP contribution in [0.25, 0.3) is 16.4 Å². The number of ether oxygens (including phenoxy) is 1. The summed E-state index contributed by atoms with van der Waals surface area (Å²) in [5.41, 5.74) is 2.01. The molecular formula is C18H18N2O4. The van der Waals surface area contributed by atoms with Gasteiger partial charge in [-0.25, -0.2) is 9.59 Å². The van der Waals surface area contributed by atoms with E-state index in [0.29, 0.717) is 35.1 Å². The molecule has 6 heteroatoms. The molecule has 0 aliphatic carbocycles. The van der Waals surface area contributed by atoms with Crippen molar-refractivity contribution in [1.29, 1.82) is 0 Å². The Morgan fingerprint density at radius 1 is 1.17 bits per heavy atom. The zero-order chi connectivity index (χ0) is 17.3. The van der Waals surface area contributed by atoms with Gasteiger partial charge < -0.3 is 19.1 Å². The Morgan fingerprint density at radius 3 is 2.67 bits per heavy atom. The lowest BCUT2D eigenvalue weighted by Gasteiger charge is -2.09. The Morgan fingerprint density at radius 2 is 1.96 bits per heavy atom. The van der Waals surface area contributed by atoms with Crippen LogP contribution in [0, 0.1) is 0 Å². The number of carbonyl (C=O) groups is 2. The molecule has 0 saturated heterocycles. The molecule has 0 amide bonds. The molecule has 6 nitrogen and oxygen atoms in total. The first-order chi connectivity index (χ1) is 11.5. The second-order valence-electron chi connectivity index (χ2n) is 5.81. The summed E-state index contributed by atoms with van der Waals surface area (Å²) < 4.78 is 7.19.